The van der Waals surface area contributed by atoms with Gasteiger partial charge in [-0.3, -0.25) is 9.59 Å². The first-order chi connectivity index (χ1) is 12.2. The second-order valence-electron chi connectivity index (χ2n) is 5.99. The van der Waals surface area contributed by atoms with Crippen molar-refractivity contribution in [1.82, 2.24) is 5.32 Å². The third kappa shape index (κ3) is 3.70. The number of amides is 2. The van der Waals surface area contributed by atoms with Gasteiger partial charge in [0.05, 0.1) is 24.1 Å². The van der Waals surface area contributed by atoms with Gasteiger partial charge in [-0.1, -0.05) is 11.6 Å². The van der Waals surface area contributed by atoms with Gasteiger partial charge in [0, 0.05) is 5.02 Å². The molecule has 0 spiro atoms. The summed E-state index contributed by atoms with van der Waals surface area (Å²) in [5, 5.41) is 4.69. The molecule has 1 heterocycles. The first kappa shape index (κ1) is 18.3. The van der Waals surface area contributed by atoms with Crippen LogP contribution >= 0.6 is 11.6 Å². The second kappa shape index (κ2) is 6.68. The third-order valence-electron chi connectivity index (χ3n) is 4.16. The van der Waals surface area contributed by atoms with Gasteiger partial charge in [0.2, 0.25) is 11.8 Å². The summed E-state index contributed by atoms with van der Waals surface area (Å²) < 4.78 is 44.5. The topological polar surface area (TPSA) is 71.3 Å². The molecule has 5 nitrogen and oxygen atoms in total. The standard InChI is InChI=1S/C17H14ClF3N2O3/c18-10-3-4-13(12(8-10)17(19,20)21)23-15(25)16(5-6-16)14(24)22-9-11-2-1-7-26-11/h1-4,7-8H,5-6,9H2,(H,22,24)(H,23,25). The van der Waals surface area contributed by atoms with E-state index in [1.165, 1.54) is 12.3 Å². The van der Waals surface area contributed by atoms with Crippen LogP contribution in [0.1, 0.15) is 24.2 Å². The van der Waals surface area contributed by atoms with E-state index in [1.54, 1.807) is 12.1 Å². The summed E-state index contributed by atoms with van der Waals surface area (Å²) in [5.41, 5.74) is -2.86. The van der Waals surface area contributed by atoms with Crippen LogP contribution in [0.15, 0.2) is 41.0 Å². The van der Waals surface area contributed by atoms with Gasteiger partial charge in [0.15, 0.2) is 0 Å². The van der Waals surface area contributed by atoms with Gasteiger partial charge in [-0.25, -0.2) is 0 Å². The number of halogens is 4. The normalized spacial score (nSPS) is 15.4. The quantitative estimate of drug-likeness (QED) is 0.763. The number of anilines is 1. The van der Waals surface area contributed by atoms with Crippen LogP contribution in [-0.4, -0.2) is 11.8 Å². The molecule has 138 valence electrons. The zero-order valence-electron chi connectivity index (χ0n) is 13.3. The summed E-state index contributed by atoms with van der Waals surface area (Å²) in [7, 11) is 0. The predicted molar refractivity (Wildman–Crippen MR) is 87.3 cm³/mol. The Hall–Kier alpha value is -2.48. The average molecular weight is 387 g/mol. The lowest BCUT2D eigenvalue weighted by molar-refractivity contribution is -0.137. The van der Waals surface area contributed by atoms with E-state index in [2.05, 4.69) is 10.6 Å². The van der Waals surface area contributed by atoms with Gasteiger partial charge < -0.3 is 15.1 Å². The Morgan fingerprint density at radius 1 is 1.19 bits per heavy atom. The van der Waals surface area contributed by atoms with Crippen LogP contribution < -0.4 is 10.6 Å². The van der Waals surface area contributed by atoms with E-state index in [4.69, 9.17) is 16.0 Å². The molecule has 0 bridgehead atoms. The SMILES string of the molecule is O=C(NCc1ccco1)C1(C(=O)Nc2ccc(Cl)cc2C(F)(F)F)CC1. The van der Waals surface area contributed by atoms with Gasteiger partial charge in [0.25, 0.3) is 0 Å². The highest BCUT2D eigenvalue weighted by molar-refractivity contribution is 6.30. The van der Waals surface area contributed by atoms with E-state index in [0.717, 1.165) is 12.1 Å². The fourth-order valence-electron chi connectivity index (χ4n) is 2.53. The summed E-state index contributed by atoms with van der Waals surface area (Å²) in [6.45, 7) is 0.0929. The Morgan fingerprint density at radius 2 is 1.92 bits per heavy atom. The number of hydrogen-bond donors (Lipinski definition) is 2. The molecule has 26 heavy (non-hydrogen) atoms. The zero-order valence-corrected chi connectivity index (χ0v) is 14.1. The summed E-state index contributed by atoms with van der Waals surface area (Å²) >= 11 is 5.62. The predicted octanol–water partition coefficient (Wildman–Crippen LogP) is 3.99. The van der Waals surface area contributed by atoms with Crippen LogP contribution in [0.5, 0.6) is 0 Å². The van der Waals surface area contributed by atoms with Gasteiger partial charge in [0.1, 0.15) is 11.2 Å². The fourth-order valence-corrected chi connectivity index (χ4v) is 2.71. The van der Waals surface area contributed by atoms with E-state index in [1.807, 2.05) is 0 Å². The number of benzene rings is 1. The van der Waals surface area contributed by atoms with Crippen molar-refractivity contribution in [3.05, 3.63) is 52.9 Å². The Morgan fingerprint density at radius 3 is 2.50 bits per heavy atom. The van der Waals surface area contributed by atoms with Gasteiger partial charge >= 0.3 is 6.18 Å². The summed E-state index contributed by atoms with van der Waals surface area (Å²) in [6.07, 6.45) is -2.72. The molecule has 1 aliphatic carbocycles. The number of carbonyl (C=O) groups excluding carboxylic acids is 2. The third-order valence-corrected chi connectivity index (χ3v) is 4.39. The van der Waals surface area contributed by atoms with Gasteiger partial charge in [-0.2, -0.15) is 13.2 Å². The molecule has 1 aromatic heterocycles. The minimum Gasteiger partial charge on any atom is -0.467 e. The number of hydrogen-bond acceptors (Lipinski definition) is 3. The van der Waals surface area contributed by atoms with Crippen molar-refractivity contribution < 1.29 is 27.2 Å². The maximum Gasteiger partial charge on any atom is 0.418 e. The first-order valence-corrected chi connectivity index (χ1v) is 8.09. The average Bonchev–Trinajstić information content (AvgIpc) is 3.23. The molecule has 1 fully saturated rings. The fraction of sp³-hybridized carbons (Fsp3) is 0.294. The number of carbonyl (C=O) groups is 2. The highest BCUT2D eigenvalue weighted by Crippen LogP contribution is 2.47. The van der Waals surface area contributed by atoms with E-state index in [-0.39, 0.29) is 24.4 Å². The molecule has 2 amide bonds. The Kier molecular flexibility index (Phi) is 4.70. The van der Waals surface area contributed by atoms with E-state index in [0.29, 0.717) is 5.76 Å². The molecule has 0 aliphatic heterocycles. The van der Waals surface area contributed by atoms with Gasteiger partial charge in [-0.15, -0.1) is 0 Å². The molecular weight excluding hydrogens is 373 g/mol. The van der Waals surface area contributed by atoms with Crippen LogP contribution in [-0.2, 0) is 22.3 Å². The lowest BCUT2D eigenvalue weighted by Crippen LogP contribution is -2.39. The van der Waals surface area contributed by atoms with Gasteiger partial charge in [-0.05, 0) is 43.2 Å². The molecule has 3 rings (SSSR count). The zero-order chi connectivity index (χ0) is 18.9. The maximum absolute atomic E-state index is 13.1. The highest BCUT2D eigenvalue weighted by Gasteiger charge is 2.56. The maximum atomic E-state index is 13.1. The number of nitrogens with one attached hydrogen (secondary N) is 2. The van der Waals surface area contributed by atoms with Crippen molar-refractivity contribution in [2.45, 2.75) is 25.6 Å². The van der Waals surface area contributed by atoms with E-state index in [9.17, 15) is 22.8 Å². The Balaban J connectivity index is 1.72. The summed E-state index contributed by atoms with van der Waals surface area (Å²) in [4.78, 5) is 24.8. The van der Waals surface area contributed by atoms with Crippen molar-refractivity contribution >= 4 is 29.1 Å². The molecule has 0 unspecified atom stereocenters. The van der Waals surface area contributed by atoms with Crippen molar-refractivity contribution in [2.24, 2.45) is 5.41 Å². The lowest BCUT2D eigenvalue weighted by Gasteiger charge is -2.18. The molecule has 9 heteroatoms. The Bertz CT molecular complexity index is 830. The molecule has 0 saturated heterocycles. The van der Waals surface area contributed by atoms with Crippen LogP contribution in [0.4, 0.5) is 18.9 Å². The highest BCUT2D eigenvalue weighted by atomic mass is 35.5. The lowest BCUT2D eigenvalue weighted by atomic mass is 10.0. The minimum atomic E-state index is -4.69. The van der Waals surface area contributed by atoms with Crippen molar-refractivity contribution in [3.8, 4) is 0 Å². The largest absolute Gasteiger partial charge is 0.467 e. The van der Waals surface area contributed by atoms with Crippen LogP contribution in [0, 0.1) is 5.41 Å². The van der Waals surface area contributed by atoms with E-state index >= 15 is 0 Å². The van der Waals surface area contributed by atoms with Crippen LogP contribution in [0.25, 0.3) is 0 Å². The molecule has 2 aromatic rings. The Labute approximate surface area is 151 Å². The summed E-state index contributed by atoms with van der Waals surface area (Å²) in [6, 6.07) is 6.35. The molecule has 0 atom stereocenters. The second-order valence-corrected chi connectivity index (χ2v) is 6.42. The van der Waals surface area contributed by atoms with Crippen molar-refractivity contribution in [3.63, 3.8) is 0 Å². The van der Waals surface area contributed by atoms with Crippen LogP contribution in [0.2, 0.25) is 5.02 Å². The molecular formula is C17H14ClF3N2O3. The molecule has 1 saturated carbocycles. The summed E-state index contributed by atoms with van der Waals surface area (Å²) in [5.74, 6) is -0.817. The smallest absolute Gasteiger partial charge is 0.418 e. The van der Waals surface area contributed by atoms with Crippen molar-refractivity contribution in [2.75, 3.05) is 5.32 Å². The van der Waals surface area contributed by atoms with Crippen molar-refractivity contribution in [1.29, 1.82) is 0 Å². The van der Waals surface area contributed by atoms with E-state index < -0.39 is 34.7 Å². The number of furan rings is 1. The van der Waals surface area contributed by atoms with Crippen LogP contribution in [0.3, 0.4) is 0 Å². The monoisotopic (exact) mass is 386 g/mol. The molecule has 0 radical (unpaired) electrons. The molecule has 1 aromatic carbocycles. The number of rotatable bonds is 5. The first-order valence-electron chi connectivity index (χ1n) is 7.71. The minimum absolute atomic E-state index is 0.0929. The molecule has 2 N–H and O–H groups in total. The number of alkyl halides is 3. The molecule has 1 aliphatic rings.